The topological polar surface area (TPSA) is 74.8 Å². The first kappa shape index (κ1) is 15.3. The van der Waals surface area contributed by atoms with Crippen LogP contribution in [0.4, 0.5) is 0 Å². The summed E-state index contributed by atoms with van der Waals surface area (Å²) in [6, 6.07) is 2.09. The highest BCUT2D eigenvalue weighted by molar-refractivity contribution is 5.69. The van der Waals surface area contributed by atoms with E-state index in [0.29, 0.717) is 6.42 Å². The summed E-state index contributed by atoms with van der Waals surface area (Å²) in [7, 11) is 0. The maximum Gasteiger partial charge on any atom is 0.306 e. The average molecular weight is 237 g/mol. The highest BCUT2D eigenvalue weighted by atomic mass is 16.5. The molecule has 0 aliphatic heterocycles. The van der Waals surface area contributed by atoms with E-state index in [0.717, 1.165) is 0 Å². The van der Waals surface area contributed by atoms with Gasteiger partial charge in [0.15, 0.2) is 5.54 Å². The Morgan fingerprint density at radius 2 is 2.29 bits per heavy atom. The summed E-state index contributed by atoms with van der Waals surface area (Å²) >= 11 is 0. The highest BCUT2D eigenvalue weighted by Crippen LogP contribution is 2.18. The minimum absolute atomic E-state index is 0.0374. The molecule has 0 aromatic rings. The predicted molar refractivity (Wildman–Crippen MR) is 64.4 cm³/mol. The Morgan fingerprint density at radius 1 is 1.65 bits per heavy atom. The first-order valence-corrected chi connectivity index (χ1v) is 5.53. The van der Waals surface area contributed by atoms with Crippen molar-refractivity contribution in [3.05, 3.63) is 12.7 Å². The summed E-state index contributed by atoms with van der Waals surface area (Å²) in [5, 5.41) is 16.9. The number of nitrogens with zero attached hydrogens (tertiary/aromatic N) is 3. The number of nitriles is 1. The molecule has 0 N–H and O–H groups in total. The van der Waals surface area contributed by atoms with Crippen LogP contribution in [0.5, 0.6) is 0 Å². The molecule has 0 saturated heterocycles. The van der Waals surface area contributed by atoms with Crippen LogP contribution < -0.4 is 0 Å². The molecule has 0 radical (unpaired) electrons. The Labute approximate surface area is 102 Å². The van der Waals surface area contributed by atoms with Gasteiger partial charge in [0.05, 0.1) is 12.1 Å². The van der Waals surface area contributed by atoms with Crippen molar-refractivity contribution in [2.24, 2.45) is 10.2 Å². The molecule has 17 heavy (non-hydrogen) atoms. The van der Waals surface area contributed by atoms with Crippen LogP contribution in [0.15, 0.2) is 22.9 Å². The predicted octanol–water partition coefficient (Wildman–Crippen LogP) is 2.64. The number of hydrogen-bond acceptors (Lipinski definition) is 5. The van der Waals surface area contributed by atoms with Crippen LogP contribution in [0.1, 0.15) is 33.6 Å². The molecule has 1 unspecified atom stereocenters. The molecule has 0 aliphatic carbocycles. The van der Waals surface area contributed by atoms with Gasteiger partial charge in [-0.15, -0.1) is 0 Å². The lowest BCUT2D eigenvalue weighted by Crippen LogP contribution is -2.21. The van der Waals surface area contributed by atoms with E-state index < -0.39 is 5.54 Å². The second kappa shape index (κ2) is 7.55. The molecule has 5 heteroatoms. The van der Waals surface area contributed by atoms with E-state index in [1.165, 1.54) is 6.08 Å². The number of carbonyl (C=O) groups is 1. The summed E-state index contributed by atoms with van der Waals surface area (Å²) in [6.45, 7) is 9.04. The molecule has 0 aliphatic rings. The van der Waals surface area contributed by atoms with Crippen molar-refractivity contribution in [2.45, 2.75) is 45.2 Å². The zero-order valence-corrected chi connectivity index (χ0v) is 10.6. The van der Waals surface area contributed by atoms with Crippen LogP contribution in [-0.4, -0.2) is 24.2 Å². The fourth-order valence-corrected chi connectivity index (χ4v) is 0.941. The maximum atomic E-state index is 11.3. The quantitative estimate of drug-likeness (QED) is 0.388. The number of esters is 1. The molecule has 0 spiro atoms. The monoisotopic (exact) mass is 237 g/mol. The second-order valence-electron chi connectivity index (χ2n) is 4.17. The summed E-state index contributed by atoms with van der Waals surface area (Å²) in [4.78, 5) is 11.3. The van der Waals surface area contributed by atoms with Crippen LogP contribution in [-0.2, 0) is 9.53 Å². The van der Waals surface area contributed by atoms with Gasteiger partial charge >= 0.3 is 5.97 Å². The Balaban J connectivity index is 4.26. The fraction of sp³-hybridized carbons (Fsp3) is 0.667. The third-order valence-corrected chi connectivity index (χ3v) is 1.93. The fourth-order valence-electron chi connectivity index (χ4n) is 0.941. The van der Waals surface area contributed by atoms with E-state index in [-0.39, 0.29) is 25.0 Å². The van der Waals surface area contributed by atoms with Gasteiger partial charge in [0.1, 0.15) is 6.61 Å². The number of azo groups is 1. The smallest absolute Gasteiger partial charge is 0.306 e. The first-order valence-electron chi connectivity index (χ1n) is 5.53. The SMILES string of the molecule is C=CCOC(=O)CCC(C)(C#N)N=NC(C)C. The van der Waals surface area contributed by atoms with Crippen molar-refractivity contribution in [3.63, 3.8) is 0 Å². The Hall–Kier alpha value is -1.70. The van der Waals surface area contributed by atoms with Crippen molar-refractivity contribution in [1.82, 2.24) is 0 Å². The normalized spacial score (nSPS) is 14.3. The van der Waals surface area contributed by atoms with Crippen LogP contribution >= 0.6 is 0 Å². The molecule has 5 nitrogen and oxygen atoms in total. The lowest BCUT2D eigenvalue weighted by molar-refractivity contribution is -0.142. The summed E-state index contributed by atoms with van der Waals surface area (Å²) in [5.41, 5.74) is -0.961. The van der Waals surface area contributed by atoms with Gasteiger partial charge in [-0.1, -0.05) is 12.7 Å². The second-order valence-corrected chi connectivity index (χ2v) is 4.17. The van der Waals surface area contributed by atoms with Gasteiger partial charge in [-0.3, -0.25) is 4.79 Å². The molecule has 0 aromatic carbocycles. The number of ether oxygens (including phenoxy) is 1. The molecule has 94 valence electrons. The molecule has 0 amide bonds. The Bertz CT molecular complexity index is 331. The van der Waals surface area contributed by atoms with Gasteiger partial charge in [0, 0.05) is 6.42 Å². The van der Waals surface area contributed by atoms with E-state index >= 15 is 0 Å². The van der Waals surface area contributed by atoms with Crippen LogP contribution in [0.25, 0.3) is 0 Å². The van der Waals surface area contributed by atoms with E-state index in [2.05, 4.69) is 22.9 Å². The number of rotatable bonds is 7. The molecule has 1 atom stereocenters. The summed E-state index contributed by atoms with van der Waals surface area (Å²) < 4.78 is 4.82. The number of hydrogen-bond donors (Lipinski definition) is 0. The molecule has 0 fully saturated rings. The lowest BCUT2D eigenvalue weighted by Gasteiger charge is -2.14. The van der Waals surface area contributed by atoms with Gasteiger partial charge in [-0.05, 0) is 27.2 Å². The van der Waals surface area contributed by atoms with Crippen LogP contribution in [0, 0.1) is 11.3 Å². The van der Waals surface area contributed by atoms with Gasteiger partial charge in [0.25, 0.3) is 0 Å². The van der Waals surface area contributed by atoms with E-state index in [1.807, 2.05) is 13.8 Å². The van der Waals surface area contributed by atoms with E-state index in [9.17, 15) is 4.79 Å². The van der Waals surface area contributed by atoms with Gasteiger partial charge in [-0.2, -0.15) is 15.5 Å². The van der Waals surface area contributed by atoms with Gasteiger partial charge < -0.3 is 4.74 Å². The summed E-state index contributed by atoms with van der Waals surface area (Å²) in [5.74, 6) is -0.355. The zero-order valence-electron chi connectivity index (χ0n) is 10.6. The van der Waals surface area contributed by atoms with E-state index in [1.54, 1.807) is 6.92 Å². The third kappa shape index (κ3) is 7.23. The number of carbonyl (C=O) groups excluding carboxylic acids is 1. The highest BCUT2D eigenvalue weighted by Gasteiger charge is 2.24. The molecular formula is C12H19N3O2. The molecule has 0 saturated carbocycles. The minimum atomic E-state index is -0.961. The van der Waals surface area contributed by atoms with Gasteiger partial charge in [-0.25, -0.2) is 0 Å². The molecule has 0 rings (SSSR count). The van der Waals surface area contributed by atoms with Gasteiger partial charge in [0.2, 0.25) is 0 Å². The first-order chi connectivity index (χ1) is 7.93. The molecule has 0 heterocycles. The van der Waals surface area contributed by atoms with Crippen molar-refractivity contribution < 1.29 is 9.53 Å². The average Bonchev–Trinajstić information content (AvgIpc) is 2.31. The zero-order chi connectivity index (χ0) is 13.3. The van der Waals surface area contributed by atoms with Crippen molar-refractivity contribution in [2.75, 3.05) is 6.61 Å². The third-order valence-electron chi connectivity index (χ3n) is 1.93. The van der Waals surface area contributed by atoms with E-state index in [4.69, 9.17) is 10.00 Å². The molecule has 0 bridgehead atoms. The van der Waals surface area contributed by atoms with Crippen molar-refractivity contribution in [1.29, 1.82) is 5.26 Å². The van der Waals surface area contributed by atoms with Crippen LogP contribution in [0.3, 0.4) is 0 Å². The minimum Gasteiger partial charge on any atom is -0.461 e. The van der Waals surface area contributed by atoms with Crippen molar-refractivity contribution in [3.8, 4) is 6.07 Å². The van der Waals surface area contributed by atoms with Crippen LogP contribution in [0.2, 0.25) is 0 Å². The summed E-state index contributed by atoms with van der Waals surface area (Å²) in [6.07, 6.45) is 1.95. The maximum absolute atomic E-state index is 11.3. The van der Waals surface area contributed by atoms with Crippen molar-refractivity contribution >= 4 is 5.97 Å². The Morgan fingerprint density at radius 3 is 2.76 bits per heavy atom. The Kier molecular flexibility index (Phi) is 6.80. The lowest BCUT2D eigenvalue weighted by atomic mass is 9.99. The largest absolute Gasteiger partial charge is 0.461 e. The molecular weight excluding hydrogens is 218 g/mol. The molecule has 0 aromatic heterocycles. The standard InChI is InChI=1S/C12H19N3O2/c1-5-8-17-11(16)6-7-12(4,9-13)15-14-10(2)3/h5,10H,1,6-8H2,2-4H3.